The van der Waals surface area contributed by atoms with Crippen molar-refractivity contribution in [2.45, 2.75) is 19.0 Å². The van der Waals surface area contributed by atoms with Crippen molar-refractivity contribution >= 4 is 12.0 Å². The first-order valence-electron chi connectivity index (χ1n) is 7.92. The highest BCUT2D eigenvalue weighted by molar-refractivity contribution is 5.83. The van der Waals surface area contributed by atoms with E-state index in [9.17, 15) is 9.59 Å². The fraction of sp³-hybridized carbons (Fsp3) is 0.263. The summed E-state index contributed by atoms with van der Waals surface area (Å²) in [6.07, 6.45) is 0.357. The Morgan fingerprint density at radius 3 is 2.36 bits per heavy atom. The van der Waals surface area contributed by atoms with Crippen molar-refractivity contribution in [1.82, 2.24) is 10.6 Å². The molecule has 1 atom stereocenters. The molecule has 0 heterocycles. The molecule has 2 N–H and O–H groups in total. The van der Waals surface area contributed by atoms with E-state index in [-0.39, 0.29) is 6.54 Å². The van der Waals surface area contributed by atoms with Gasteiger partial charge in [-0.2, -0.15) is 0 Å². The molecule has 0 spiro atoms. The molecule has 2 amide bonds. The van der Waals surface area contributed by atoms with Crippen molar-refractivity contribution in [2.75, 3.05) is 14.2 Å². The number of hydrogen-bond acceptors (Lipinski definition) is 4. The van der Waals surface area contributed by atoms with Gasteiger partial charge in [-0.3, -0.25) is 0 Å². The van der Waals surface area contributed by atoms with E-state index in [1.54, 1.807) is 7.11 Å². The molecule has 0 aliphatic heterocycles. The molecule has 25 heavy (non-hydrogen) atoms. The molecule has 0 unspecified atom stereocenters. The first-order chi connectivity index (χ1) is 12.1. The molecule has 0 aliphatic rings. The summed E-state index contributed by atoms with van der Waals surface area (Å²) in [4.78, 5) is 24.1. The zero-order valence-electron chi connectivity index (χ0n) is 14.3. The second kappa shape index (κ2) is 9.32. The Bertz CT molecular complexity index is 704. The van der Waals surface area contributed by atoms with Crippen molar-refractivity contribution in [3.05, 3.63) is 65.7 Å². The fourth-order valence-electron chi connectivity index (χ4n) is 2.42. The lowest BCUT2D eigenvalue weighted by atomic mass is 10.1. The summed E-state index contributed by atoms with van der Waals surface area (Å²) in [5, 5.41) is 5.39. The number of hydrogen-bond donors (Lipinski definition) is 2. The highest BCUT2D eigenvalue weighted by atomic mass is 16.5. The monoisotopic (exact) mass is 342 g/mol. The number of urea groups is 1. The summed E-state index contributed by atoms with van der Waals surface area (Å²) in [6.45, 7) is 0.287. The van der Waals surface area contributed by atoms with Crippen LogP contribution in [0.4, 0.5) is 4.79 Å². The Kier molecular flexibility index (Phi) is 6.83. The van der Waals surface area contributed by atoms with Crippen molar-refractivity contribution in [3.8, 4) is 5.75 Å². The minimum Gasteiger partial charge on any atom is -0.496 e. The molecule has 6 heteroatoms. The average molecular weight is 342 g/mol. The van der Waals surface area contributed by atoms with Crippen LogP contribution >= 0.6 is 0 Å². The van der Waals surface area contributed by atoms with Crippen molar-refractivity contribution in [1.29, 1.82) is 0 Å². The molecule has 2 aromatic rings. The number of benzene rings is 2. The fourth-order valence-corrected chi connectivity index (χ4v) is 2.42. The number of nitrogens with one attached hydrogen (secondary N) is 2. The molecule has 0 aromatic heterocycles. The van der Waals surface area contributed by atoms with Crippen LogP contribution in [0.5, 0.6) is 5.75 Å². The van der Waals surface area contributed by atoms with Crippen LogP contribution in [0.15, 0.2) is 54.6 Å². The van der Waals surface area contributed by atoms with Gasteiger partial charge in [-0.15, -0.1) is 0 Å². The third-order valence-corrected chi connectivity index (χ3v) is 3.71. The lowest BCUT2D eigenvalue weighted by Gasteiger charge is -2.17. The number of ether oxygens (including phenoxy) is 2. The van der Waals surface area contributed by atoms with Gasteiger partial charge >= 0.3 is 12.0 Å². The van der Waals surface area contributed by atoms with Gasteiger partial charge in [0.15, 0.2) is 0 Å². The largest absolute Gasteiger partial charge is 0.496 e. The van der Waals surface area contributed by atoms with Crippen LogP contribution in [0.25, 0.3) is 0 Å². The van der Waals surface area contributed by atoms with E-state index in [4.69, 9.17) is 9.47 Å². The average Bonchev–Trinajstić information content (AvgIpc) is 2.66. The first-order valence-corrected chi connectivity index (χ1v) is 7.92. The summed E-state index contributed by atoms with van der Waals surface area (Å²) in [6, 6.07) is 15.6. The number of methoxy groups -OCH3 is 2. The molecular weight excluding hydrogens is 320 g/mol. The Morgan fingerprint density at radius 1 is 1.00 bits per heavy atom. The number of carbonyl (C=O) groups is 2. The first kappa shape index (κ1) is 18.3. The third kappa shape index (κ3) is 5.53. The molecule has 0 radical (unpaired) electrons. The maximum atomic E-state index is 12.2. The summed E-state index contributed by atoms with van der Waals surface area (Å²) in [5.74, 6) is 0.202. The van der Waals surface area contributed by atoms with Crippen molar-refractivity contribution < 1.29 is 19.1 Å². The van der Waals surface area contributed by atoms with Gasteiger partial charge in [-0.05, 0) is 11.6 Å². The van der Waals surface area contributed by atoms with E-state index >= 15 is 0 Å². The van der Waals surface area contributed by atoms with Crippen molar-refractivity contribution in [2.24, 2.45) is 0 Å². The summed E-state index contributed by atoms with van der Waals surface area (Å²) in [7, 11) is 2.88. The highest BCUT2D eigenvalue weighted by Crippen LogP contribution is 2.16. The van der Waals surface area contributed by atoms with Gasteiger partial charge in [0.2, 0.25) is 0 Å². The van der Waals surface area contributed by atoms with Gasteiger partial charge in [0.25, 0.3) is 0 Å². The predicted octanol–water partition coefficient (Wildman–Crippen LogP) is 2.28. The van der Waals surface area contributed by atoms with E-state index in [2.05, 4.69) is 10.6 Å². The number of amides is 2. The SMILES string of the molecule is COC(=O)[C@H](Cc1ccccc1)NC(=O)NCc1ccccc1OC. The normalized spacial score (nSPS) is 11.3. The maximum Gasteiger partial charge on any atom is 0.328 e. The molecule has 132 valence electrons. The molecule has 0 saturated heterocycles. The number of rotatable bonds is 7. The highest BCUT2D eigenvalue weighted by Gasteiger charge is 2.21. The van der Waals surface area contributed by atoms with Gasteiger partial charge in [0, 0.05) is 18.5 Å². The molecule has 0 bridgehead atoms. The number of para-hydroxylation sites is 1. The Hall–Kier alpha value is -3.02. The van der Waals surface area contributed by atoms with E-state index in [0.29, 0.717) is 12.2 Å². The van der Waals surface area contributed by atoms with Gasteiger partial charge in [0.05, 0.1) is 14.2 Å². The molecule has 2 rings (SSSR count). The smallest absolute Gasteiger partial charge is 0.328 e. The zero-order valence-corrected chi connectivity index (χ0v) is 14.3. The standard InChI is InChI=1S/C19H22N2O4/c1-24-17-11-7-6-10-15(17)13-20-19(23)21-16(18(22)25-2)12-14-8-4-3-5-9-14/h3-11,16H,12-13H2,1-2H3,(H2,20,21,23)/t16-/m0/s1. The lowest BCUT2D eigenvalue weighted by molar-refractivity contribution is -0.142. The van der Waals surface area contributed by atoms with E-state index in [1.165, 1.54) is 7.11 Å². The van der Waals surface area contributed by atoms with Crippen molar-refractivity contribution in [3.63, 3.8) is 0 Å². The Labute approximate surface area is 147 Å². The van der Waals surface area contributed by atoms with Crippen LogP contribution < -0.4 is 15.4 Å². The van der Waals surface area contributed by atoms with E-state index in [0.717, 1.165) is 11.1 Å². The van der Waals surface area contributed by atoms with Gasteiger partial charge < -0.3 is 20.1 Å². The Morgan fingerprint density at radius 2 is 1.68 bits per heavy atom. The zero-order chi connectivity index (χ0) is 18.1. The van der Waals surface area contributed by atoms with Crippen LogP contribution in [-0.4, -0.2) is 32.3 Å². The third-order valence-electron chi connectivity index (χ3n) is 3.71. The van der Waals surface area contributed by atoms with Crippen LogP contribution in [-0.2, 0) is 22.5 Å². The Balaban J connectivity index is 1.96. The van der Waals surface area contributed by atoms with Crippen LogP contribution in [0.3, 0.4) is 0 Å². The minimum atomic E-state index is -0.759. The van der Waals surface area contributed by atoms with E-state index < -0.39 is 18.0 Å². The van der Waals surface area contributed by atoms with Gasteiger partial charge in [-0.1, -0.05) is 48.5 Å². The second-order valence-electron chi connectivity index (χ2n) is 5.40. The summed E-state index contributed by atoms with van der Waals surface area (Å²) < 4.78 is 10.0. The molecule has 0 saturated carbocycles. The molecule has 0 fully saturated rings. The lowest BCUT2D eigenvalue weighted by Crippen LogP contribution is -2.47. The maximum absolute atomic E-state index is 12.2. The van der Waals surface area contributed by atoms with E-state index in [1.807, 2.05) is 54.6 Å². The quantitative estimate of drug-likeness (QED) is 0.757. The molecule has 6 nitrogen and oxygen atoms in total. The second-order valence-corrected chi connectivity index (χ2v) is 5.40. The molecule has 0 aliphatic carbocycles. The van der Waals surface area contributed by atoms with Gasteiger partial charge in [0.1, 0.15) is 11.8 Å². The summed E-state index contributed by atoms with van der Waals surface area (Å²) in [5.41, 5.74) is 1.78. The molecule has 2 aromatic carbocycles. The van der Waals surface area contributed by atoms with Crippen LogP contribution in [0.2, 0.25) is 0 Å². The van der Waals surface area contributed by atoms with Gasteiger partial charge in [-0.25, -0.2) is 9.59 Å². The minimum absolute atomic E-state index is 0.287. The number of carbonyl (C=O) groups excluding carboxylic acids is 2. The topological polar surface area (TPSA) is 76.7 Å². The van der Waals surface area contributed by atoms with Crippen LogP contribution in [0.1, 0.15) is 11.1 Å². The summed E-state index contributed by atoms with van der Waals surface area (Å²) >= 11 is 0. The molecular formula is C19H22N2O4. The van der Waals surface area contributed by atoms with Crippen LogP contribution in [0, 0.1) is 0 Å². The number of esters is 1. The predicted molar refractivity (Wildman–Crippen MR) is 94.3 cm³/mol.